The Hall–Kier alpha value is -0.830. The van der Waals surface area contributed by atoms with Crippen molar-refractivity contribution in [2.75, 3.05) is 6.54 Å². The quantitative estimate of drug-likeness (QED) is 0.831. The molecule has 3 heteroatoms. The van der Waals surface area contributed by atoms with Crippen molar-refractivity contribution in [2.45, 2.75) is 32.2 Å². The predicted octanol–water partition coefficient (Wildman–Crippen LogP) is 3.00. The van der Waals surface area contributed by atoms with Gasteiger partial charge in [0.25, 0.3) is 0 Å². The smallest absolute Gasteiger partial charge is 0.227 e. The van der Waals surface area contributed by atoms with Crippen molar-refractivity contribution < 1.29 is 4.79 Å². The van der Waals surface area contributed by atoms with Gasteiger partial charge in [-0.3, -0.25) is 4.79 Å². The lowest BCUT2D eigenvalue weighted by Gasteiger charge is -2.20. The lowest BCUT2D eigenvalue weighted by molar-refractivity contribution is -0.130. The first-order chi connectivity index (χ1) is 7.72. The number of carbonyl (C=O) groups is 1. The average molecular weight is 282 g/mol. The van der Waals surface area contributed by atoms with Gasteiger partial charge in [0.1, 0.15) is 0 Å². The first-order valence-electron chi connectivity index (χ1n) is 5.75. The van der Waals surface area contributed by atoms with E-state index in [1.807, 2.05) is 29.2 Å². The van der Waals surface area contributed by atoms with Gasteiger partial charge in [-0.2, -0.15) is 0 Å². The van der Waals surface area contributed by atoms with E-state index < -0.39 is 0 Å². The zero-order valence-corrected chi connectivity index (χ0v) is 11.0. The van der Waals surface area contributed by atoms with E-state index in [1.54, 1.807) is 0 Å². The summed E-state index contributed by atoms with van der Waals surface area (Å²) in [6.07, 6.45) is 2.86. The van der Waals surface area contributed by atoms with Gasteiger partial charge in [-0.05, 0) is 31.4 Å². The van der Waals surface area contributed by atoms with E-state index in [0.717, 1.165) is 16.6 Å². The van der Waals surface area contributed by atoms with E-state index in [0.29, 0.717) is 12.5 Å². The fourth-order valence-corrected chi connectivity index (χ4v) is 2.36. The molecule has 1 aromatic carbocycles. The van der Waals surface area contributed by atoms with Gasteiger partial charge in [-0.25, -0.2) is 0 Å². The normalized spacial score (nSPS) is 14.9. The van der Waals surface area contributed by atoms with Gasteiger partial charge in [0.15, 0.2) is 0 Å². The third-order valence-corrected chi connectivity index (χ3v) is 3.72. The highest BCUT2D eigenvalue weighted by Gasteiger charge is 2.31. The Bertz CT molecular complexity index is 387. The topological polar surface area (TPSA) is 20.3 Å². The van der Waals surface area contributed by atoms with Crippen molar-refractivity contribution in [2.24, 2.45) is 0 Å². The molecule has 1 fully saturated rings. The number of hydrogen-bond acceptors (Lipinski definition) is 1. The summed E-state index contributed by atoms with van der Waals surface area (Å²) < 4.78 is 1.02. The van der Waals surface area contributed by atoms with E-state index in [2.05, 4.69) is 22.9 Å². The first kappa shape index (κ1) is 11.6. The van der Waals surface area contributed by atoms with E-state index in [9.17, 15) is 4.79 Å². The van der Waals surface area contributed by atoms with Crippen LogP contribution in [0.25, 0.3) is 0 Å². The third-order valence-electron chi connectivity index (χ3n) is 2.95. The molecule has 1 aromatic rings. The Kier molecular flexibility index (Phi) is 3.64. The molecule has 0 aliphatic heterocycles. The summed E-state index contributed by atoms with van der Waals surface area (Å²) in [7, 11) is 0. The molecule has 0 heterocycles. The molecular formula is C13H16BrNO. The third kappa shape index (κ3) is 2.64. The predicted molar refractivity (Wildman–Crippen MR) is 68.3 cm³/mol. The zero-order chi connectivity index (χ0) is 11.5. The number of likely N-dealkylation sites (N-methyl/N-ethyl adjacent to an activating group) is 1. The van der Waals surface area contributed by atoms with Crippen LogP contribution in [0.4, 0.5) is 0 Å². The molecule has 2 rings (SSSR count). The van der Waals surface area contributed by atoms with Gasteiger partial charge in [0.05, 0.1) is 6.42 Å². The first-order valence-corrected chi connectivity index (χ1v) is 6.54. The van der Waals surface area contributed by atoms with Crippen LogP contribution in [0.2, 0.25) is 0 Å². The summed E-state index contributed by atoms with van der Waals surface area (Å²) >= 11 is 3.48. The summed E-state index contributed by atoms with van der Waals surface area (Å²) in [5.41, 5.74) is 1.08. The maximum atomic E-state index is 12.1. The molecular weight excluding hydrogens is 266 g/mol. The second-order valence-corrected chi connectivity index (χ2v) is 5.03. The summed E-state index contributed by atoms with van der Waals surface area (Å²) in [5, 5.41) is 0. The van der Waals surface area contributed by atoms with Gasteiger partial charge < -0.3 is 4.90 Å². The second-order valence-electron chi connectivity index (χ2n) is 4.18. The minimum absolute atomic E-state index is 0.247. The van der Waals surface area contributed by atoms with E-state index in [-0.39, 0.29) is 5.91 Å². The zero-order valence-electron chi connectivity index (χ0n) is 9.45. The van der Waals surface area contributed by atoms with Crippen LogP contribution < -0.4 is 0 Å². The Balaban J connectivity index is 2.03. The molecule has 0 bridgehead atoms. The van der Waals surface area contributed by atoms with Gasteiger partial charge in [0, 0.05) is 17.1 Å². The fourth-order valence-electron chi connectivity index (χ4n) is 1.93. The van der Waals surface area contributed by atoms with Crippen LogP contribution in [0.3, 0.4) is 0 Å². The van der Waals surface area contributed by atoms with Crippen LogP contribution in [-0.2, 0) is 11.2 Å². The van der Waals surface area contributed by atoms with E-state index in [4.69, 9.17) is 0 Å². The highest BCUT2D eigenvalue weighted by atomic mass is 79.9. The lowest BCUT2D eigenvalue weighted by Crippen LogP contribution is -2.34. The molecule has 1 saturated carbocycles. The number of benzene rings is 1. The van der Waals surface area contributed by atoms with Crippen LogP contribution in [0.15, 0.2) is 28.7 Å². The SMILES string of the molecule is CCN(C(=O)Cc1ccccc1Br)C1CC1. The summed E-state index contributed by atoms with van der Waals surface area (Å²) in [5.74, 6) is 0.247. The maximum Gasteiger partial charge on any atom is 0.227 e. The van der Waals surface area contributed by atoms with E-state index in [1.165, 1.54) is 12.8 Å². The summed E-state index contributed by atoms with van der Waals surface area (Å²) in [6, 6.07) is 8.44. The molecule has 0 atom stereocenters. The number of amides is 1. The highest BCUT2D eigenvalue weighted by Crippen LogP contribution is 2.27. The highest BCUT2D eigenvalue weighted by molar-refractivity contribution is 9.10. The number of nitrogens with zero attached hydrogens (tertiary/aromatic N) is 1. The van der Waals surface area contributed by atoms with Crippen LogP contribution in [0.5, 0.6) is 0 Å². The number of halogens is 1. The summed E-state index contributed by atoms with van der Waals surface area (Å²) in [4.78, 5) is 14.1. The number of carbonyl (C=O) groups excluding carboxylic acids is 1. The van der Waals surface area contributed by atoms with Crippen molar-refractivity contribution >= 4 is 21.8 Å². The van der Waals surface area contributed by atoms with Gasteiger partial charge >= 0.3 is 0 Å². The molecule has 1 amide bonds. The minimum atomic E-state index is 0.247. The molecule has 1 aliphatic carbocycles. The monoisotopic (exact) mass is 281 g/mol. The van der Waals surface area contributed by atoms with Crippen molar-refractivity contribution in [1.82, 2.24) is 4.90 Å². The maximum absolute atomic E-state index is 12.1. The molecule has 0 unspecified atom stereocenters. The Labute approximate surface area is 105 Å². The van der Waals surface area contributed by atoms with Gasteiger partial charge in [-0.15, -0.1) is 0 Å². The second kappa shape index (κ2) is 5.00. The number of rotatable bonds is 4. The van der Waals surface area contributed by atoms with Gasteiger partial charge in [0.2, 0.25) is 5.91 Å². The van der Waals surface area contributed by atoms with Crippen molar-refractivity contribution in [3.63, 3.8) is 0 Å². The minimum Gasteiger partial charge on any atom is -0.340 e. The van der Waals surface area contributed by atoms with Crippen molar-refractivity contribution in [3.8, 4) is 0 Å². The standard InChI is InChI=1S/C13H16BrNO/c1-2-15(11-7-8-11)13(16)9-10-5-3-4-6-12(10)14/h3-6,11H,2,7-9H2,1H3. The Morgan fingerprint density at radius 1 is 1.44 bits per heavy atom. The Morgan fingerprint density at radius 3 is 2.69 bits per heavy atom. The molecule has 1 aliphatic rings. The van der Waals surface area contributed by atoms with Gasteiger partial charge in [-0.1, -0.05) is 34.1 Å². The van der Waals surface area contributed by atoms with Crippen LogP contribution >= 0.6 is 15.9 Å². The molecule has 16 heavy (non-hydrogen) atoms. The average Bonchev–Trinajstić information content (AvgIpc) is 3.07. The van der Waals surface area contributed by atoms with E-state index >= 15 is 0 Å². The molecule has 2 nitrogen and oxygen atoms in total. The molecule has 86 valence electrons. The molecule has 0 aromatic heterocycles. The largest absolute Gasteiger partial charge is 0.340 e. The number of hydrogen-bond donors (Lipinski definition) is 0. The fraction of sp³-hybridized carbons (Fsp3) is 0.462. The molecule has 0 spiro atoms. The molecule has 0 saturated heterocycles. The van der Waals surface area contributed by atoms with Crippen LogP contribution in [0, 0.1) is 0 Å². The van der Waals surface area contributed by atoms with Crippen LogP contribution in [-0.4, -0.2) is 23.4 Å². The Morgan fingerprint density at radius 2 is 2.12 bits per heavy atom. The van der Waals surface area contributed by atoms with Crippen molar-refractivity contribution in [1.29, 1.82) is 0 Å². The molecule has 0 N–H and O–H groups in total. The molecule has 0 radical (unpaired) electrons. The summed E-state index contributed by atoms with van der Waals surface area (Å²) in [6.45, 7) is 2.88. The lowest BCUT2D eigenvalue weighted by atomic mass is 10.1. The van der Waals surface area contributed by atoms with Crippen LogP contribution in [0.1, 0.15) is 25.3 Å². The van der Waals surface area contributed by atoms with Crippen molar-refractivity contribution in [3.05, 3.63) is 34.3 Å².